The third-order valence-corrected chi connectivity index (χ3v) is 6.35. The van der Waals surface area contributed by atoms with Crippen LogP contribution in [0.25, 0.3) is 0 Å². The highest BCUT2D eigenvalue weighted by Crippen LogP contribution is 2.41. The minimum atomic E-state index is -0.851. The lowest BCUT2D eigenvalue weighted by atomic mass is 9.77. The molecule has 1 atom stereocenters. The molecule has 35 heavy (non-hydrogen) atoms. The molecule has 0 bridgehead atoms. The van der Waals surface area contributed by atoms with E-state index >= 15 is 0 Å². The molecule has 2 aliphatic rings. The molecule has 0 fully saturated rings. The Morgan fingerprint density at radius 1 is 1.00 bits per heavy atom. The number of hydrogen-bond donors (Lipinski definition) is 5. The molecule has 2 amide bonds. The number of carbonyl (C=O) groups excluding carboxylic acids is 2. The maximum atomic E-state index is 13.6. The number of carbonyl (C=O) groups is 2. The Labute approximate surface area is 207 Å². The second-order valence-electron chi connectivity index (χ2n) is 8.37. The molecule has 0 spiro atoms. The van der Waals surface area contributed by atoms with E-state index in [1.807, 2.05) is 0 Å². The van der Waals surface area contributed by atoms with Crippen molar-refractivity contribution in [2.45, 2.75) is 24.8 Å². The van der Waals surface area contributed by atoms with E-state index in [2.05, 4.69) is 26.6 Å². The number of nitrogens with one attached hydrogen (secondary N) is 5. The van der Waals surface area contributed by atoms with Gasteiger partial charge in [-0.05, 0) is 79.7 Å². The Balaban J connectivity index is 1.72. The van der Waals surface area contributed by atoms with E-state index in [1.54, 1.807) is 37.4 Å². The summed E-state index contributed by atoms with van der Waals surface area (Å²) in [6, 6.07) is 11.8. The zero-order valence-electron chi connectivity index (χ0n) is 19.0. The molecule has 1 heterocycles. The van der Waals surface area contributed by atoms with Gasteiger partial charge in [0.1, 0.15) is 11.6 Å². The third kappa shape index (κ3) is 5.48. The third-order valence-electron chi connectivity index (χ3n) is 6.00. The average Bonchev–Trinajstić information content (AvgIpc) is 3.11. The van der Waals surface area contributed by atoms with Crippen LogP contribution in [0, 0.1) is 11.6 Å². The van der Waals surface area contributed by atoms with Crippen molar-refractivity contribution >= 4 is 40.5 Å². The van der Waals surface area contributed by atoms with Gasteiger partial charge >= 0.3 is 0 Å². The van der Waals surface area contributed by atoms with Crippen LogP contribution < -0.4 is 26.6 Å². The highest BCUT2D eigenvalue weighted by atomic mass is 32.1. The standard InChI is InChI=1S/C25H25F2N5O2S/c1-28-24(35)29-12-2-11-25(32-18-9-5-16(27)6-10-18)14-20-19(22(33)31-23(20)34)13-21(25)30-17-7-3-15(26)4-8-17/h3-10,13,30,32H,2,11-12,14H2,1H3,(H2,28,29,35)(H,31,33,34). The van der Waals surface area contributed by atoms with Gasteiger partial charge in [-0.1, -0.05) is 0 Å². The summed E-state index contributed by atoms with van der Waals surface area (Å²) in [4.78, 5) is 25.0. The summed E-state index contributed by atoms with van der Waals surface area (Å²) in [7, 11) is 1.73. The molecule has 7 nitrogen and oxygen atoms in total. The molecule has 4 rings (SSSR count). The van der Waals surface area contributed by atoms with E-state index in [0.717, 1.165) is 0 Å². The van der Waals surface area contributed by atoms with Crippen molar-refractivity contribution in [3.63, 3.8) is 0 Å². The van der Waals surface area contributed by atoms with Gasteiger partial charge in [-0.25, -0.2) is 8.78 Å². The molecule has 5 N–H and O–H groups in total. The minimum Gasteiger partial charge on any atom is -0.374 e. The van der Waals surface area contributed by atoms with Crippen LogP contribution in [0.3, 0.4) is 0 Å². The number of benzene rings is 2. The number of thiocarbonyl (C=S) groups is 1. The lowest BCUT2D eigenvalue weighted by Crippen LogP contribution is -2.46. The quantitative estimate of drug-likeness (QED) is 0.217. The van der Waals surface area contributed by atoms with Gasteiger partial charge in [-0.15, -0.1) is 0 Å². The van der Waals surface area contributed by atoms with Crippen LogP contribution in [0.4, 0.5) is 20.2 Å². The lowest BCUT2D eigenvalue weighted by Gasteiger charge is -2.41. The maximum absolute atomic E-state index is 13.6. The first-order chi connectivity index (χ1) is 16.8. The normalized spacial score (nSPS) is 19.0. The van der Waals surface area contributed by atoms with Gasteiger partial charge in [0.25, 0.3) is 11.8 Å². The molecular formula is C25H25F2N5O2S. The van der Waals surface area contributed by atoms with Gasteiger partial charge < -0.3 is 21.3 Å². The summed E-state index contributed by atoms with van der Waals surface area (Å²) >= 11 is 5.15. The first-order valence-corrected chi connectivity index (χ1v) is 11.5. The van der Waals surface area contributed by atoms with Gasteiger partial charge in [0.2, 0.25) is 0 Å². The smallest absolute Gasteiger partial charge is 0.258 e. The zero-order chi connectivity index (χ0) is 25.0. The van der Waals surface area contributed by atoms with Crippen molar-refractivity contribution in [1.29, 1.82) is 0 Å². The SMILES string of the molecule is CNC(=S)NCCCC1(Nc2ccc(F)cc2)CC2=C(C=C1Nc1ccc(F)cc1)C(=O)NC2=O. The second-order valence-corrected chi connectivity index (χ2v) is 8.77. The number of imide groups is 1. The average molecular weight is 498 g/mol. The predicted octanol–water partition coefficient (Wildman–Crippen LogP) is 3.34. The van der Waals surface area contributed by atoms with Gasteiger partial charge in [0.15, 0.2) is 5.11 Å². The Bertz CT molecular complexity index is 1210. The zero-order valence-corrected chi connectivity index (χ0v) is 19.8. The van der Waals surface area contributed by atoms with Crippen LogP contribution in [-0.2, 0) is 9.59 Å². The van der Waals surface area contributed by atoms with E-state index in [0.29, 0.717) is 52.7 Å². The molecular weight excluding hydrogens is 472 g/mol. The fourth-order valence-corrected chi connectivity index (χ4v) is 4.35. The fraction of sp³-hybridized carbons (Fsp3) is 0.240. The topological polar surface area (TPSA) is 94.3 Å². The van der Waals surface area contributed by atoms with Crippen molar-refractivity contribution < 1.29 is 18.4 Å². The Morgan fingerprint density at radius 3 is 2.26 bits per heavy atom. The van der Waals surface area contributed by atoms with E-state index in [9.17, 15) is 18.4 Å². The van der Waals surface area contributed by atoms with E-state index in [-0.39, 0.29) is 18.1 Å². The lowest BCUT2D eigenvalue weighted by molar-refractivity contribution is -0.124. The van der Waals surface area contributed by atoms with Crippen molar-refractivity contribution in [3.8, 4) is 0 Å². The Morgan fingerprint density at radius 2 is 1.63 bits per heavy atom. The fourth-order valence-electron chi connectivity index (χ4n) is 4.24. The molecule has 2 aromatic rings. The second kappa shape index (κ2) is 10.2. The Kier molecular flexibility index (Phi) is 7.11. The highest BCUT2D eigenvalue weighted by Gasteiger charge is 2.44. The van der Waals surface area contributed by atoms with Crippen LogP contribution >= 0.6 is 12.2 Å². The monoisotopic (exact) mass is 497 g/mol. The Hall–Kier alpha value is -3.79. The molecule has 182 valence electrons. The molecule has 0 aromatic heterocycles. The van der Waals surface area contributed by atoms with Crippen LogP contribution in [0.2, 0.25) is 0 Å². The molecule has 2 aromatic carbocycles. The molecule has 0 saturated heterocycles. The number of anilines is 2. The molecule has 10 heteroatoms. The molecule has 0 radical (unpaired) electrons. The summed E-state index contributed by atoms with van der Waals surface area (Å²) in [5.41, 5.74) is 1.72. The van der Waals surface area contributed by atoms with E-state index in [4.69, 9.17) is 12.2 Å². The van der Waals surface area contributed by atoms with Crippen LogP contribution in [0.15, 0.2) is 71.5 Å². The summed E-state index contributed by atoms with van der Waals surface area (Å²) in [6.45, 7) is 0.563. The van der Waals surface area contributed by atoms with Crippen molar-refractivity contribution in [2.75, 3.05) is 24.2 Å². The summed E-state index contributed by atoms with van der Waals surface area (Å²) in [6.07, 6.45) is 3.05. The van der Waals surface area contributed by atoms with Crippen LogP contribution in [0.5, 0.6) is 0 Å². The van der Waals surface area contributed by atoms with Gasteiger partial charge in [0, 0.05) is 42.7 Å². The summed E-state index contributed by atoms with van der Waals surface area (Å²) in [5.74, 6) is -1.63. The summed E-state index contributed by atoms with van der Waals surface area (Å²) in [5, 5.41) is 15.6. The van der Waals surface area contributed by atoms with Gasteiger partial charge in [-0.2, -0.15) is 0 Å². The molecule has 1 aliphatic heterocycles. The maximum Gasteiger partial charge on any atom is 0.258 e. The van der Waals surface area contributed by atoms with Gasteiger partial charge in [-0.3, -0.25) is 14.9 Å². The van der Waals surface area contributed by atoms with Crippen molar-refractivity contribution in [3.05, 3.63) is 83.1 Å². The van der Waals surface area contributed by atoms with Crippen molar-refractivity contribution in [1.82, 2.24) is 16.0 Å². The number of amides is 2. The first-order valence-electron chi connectivity index (χ1n) is 11.1. The van der Waals surface area contributed by atoms with Crippen LogP contribution in [0.1, 0.15) is 19.3 Å². The molecule has 0 saturated carbocycles. The van der Waals surface area contributed by atoms with E-state index in [1.165, 1.54) is 24.3 Å². The first kappa shape index (κ1) is 24.3. The summed E-state index contributed by atoms with van der Waals surface area (Å²) < 4.78 is 27.1. The van der Waals surface area contributed by atoms with Crippen molar-refractivity contribution in [2.24, 2.45) is 0 Å². The number of hydrogen-bond acceptors (Lipinski definition) is 5. The number of halogens is 2. The minimum absolute atomic E-state index is 0.216. The van der Waals surface area contributed by atoms with E-state index < -0.39 is 17.4 Å². The van der Waals surface area contributed by atoms with Crippen LogP contribution in [-0.4, -0.2) is 36.1 Å². The molecule has 1 aliphatic carbocycles. The highest BCUT2D eigenvalue weighted by molar-refractivity contribution is 7.80. The number of rotatable bonds is 8. The van der Waals surface area contributed by atoms with Gasteiger partial charge in [0.05, 0.1) is 11.1 Å². The predicted molar refractivity (Wildman–Crippen MR) is 135 cm³/mol. The largest absolute Gasteiger partial charge is 0.374 e. The molecule has 1 unspecified atom stereocenters.